The Kier molecular flexibility index (Phi) is 8.49. The number of hydrogen-bond acceptors (Lipinski definition) is 6. The van der Waals surface area contributed by atoms with Crippen LogP contribution in [0.4, 0.5) is 10.5 Å². The van der Waals surface area contributed by atoms with Gasteiger partial charge in [-0.3, -0.25) is 14.5 Å². The maximum Gasteiger partial charge on any atom is 0.413 e. The van der Waals surface area contributed by atoms with Gasteiger partial charge < -0.3 is 23.7 Å². The molecule has 2 aliphatic heterocycles. The van der Waals surface area contributed by atoms with Crippen molar-refractivity contribution in [1.29, 1.82) is 0 Å². The number of benzene rings is 4. The van der Waals surface area contributed by atoms with E-state index < -0.39 is 30.4 Å². The zero-order valence-electron chi connectivity index (χ0n) is 26.2. The van der Waals surface area contributed by atoms with Gasteiger partial charge in [0.15, 0.2) is 0 Å². The number of carbonyl (C=O) groups excluding carboxylic acids is 3. The number of furan rings is 1. The third-order valence-electron chi connectivity index (χ3n) is 8.69. The van der Waals surface area contributed by atoms with Crippen LogP contribution in [0.5, 0.6) is 5.75 Å². The van der Waals surface area contributed by atoms with Gasteiger partial charge in [-0.25, -0.2) is 4.79 Å². The summed E-state index contributed by atoms with van der Waals surface area (Å²) in [6.07, 6.45) is 3.62. The highest BCUT2D eigenvalue weighted by Gasteiger charge is 2.60. The highest BCUT2D eigenvalue weighted by molar-refractivity contribution is 6.09. The first-order valence-corrected chi connectivity index (χ1v) is 15.6. The molecule has 0 N–H and O–H groups in total. The molecule has 0 spiro atoms. The molecule has 4 unspecified atom stereocenters. The van der Waals surface area contributed by atoms with Crippen LogP contribution in [0, 0.1) is 0 Å². The molecular formula is C39H33N3O6. The zero-order chi connectivity index (χ0) is 33.0. The fourth-order valence-corrected chi connectivity index (χ4v) is 6.42. The van der Waals surface area contributed by atoms with Gasteiger partial charge in [-0.1, -0.05) is 97.1 Å². The molecule has 3 heterocycles. The van der Waals surface area contributed by atoms with E-state index in [2.05, 4.69) is 0 Å². The van der Waals surface area contributed by atoms with Gasteiger partial charge in [0.2, 0.25) is 0 Å². The van der Waals surface area contributed by atoms with E-state index in [1.165, 1.54) is 4.90 Å². The normalized spacial score (nSPS) is 20.6. The Morgan fingerprint density at radius 2 is 1.42 bits per heavy atom. The van der Waals surface area contributed by atoms with Crippen LogP contribution in [-0.2, 0) is 20.9 Å². The van der Waals surface area contributed by atoms with E-state index >= 15 is 0 Å². The molecule has 0 saturated carbocycles. The highest BCUT2D eigenvalue weighted by atomic mass is 16.6. The number of carbonyl (C=O) groups is 3. The lowest BCUT2D eigenvalue weighted by Crippen LogP contribution is -2.71. The van der Waals surface area contributed by atoms with Crippen LogP contribution >= 0.6 is 0 Å². The molecule has 48 heavy (non-hydrogen) atoms. The van der Waals surface area contributed by atoms with Gasteiger partial charge in [-0.15, -0.1) is 0 Å². The quantitative estimate of drug-likeness (QED) is 0.161. The summed E-state index contributed by atoms with van der Waals surface area (Å²) in [4.78, 5) is 48.0. The molecule has 4 atom stereocenters. The van der Waals surface area contributed by atoms with Crippen molar-refractivity contribution in [1.82, 2.24) is 9.80 Å². The largest absolute Gasteiger partial charge is 0.497 e. The van der Waals surface area contributed by atoms with Crippen molar-refractivity contribution in [3.05, 3.63) is 162 Å². The molecule has 9 heteroatoms. The summed E-state index contributed by atoms with van der Waals surface area (Å²) in [7, 11) is 1.58. The topological polar surface area (TPSA) is 92.5 Å². The monoisotopic (exact) mass is 639 g/mol. The van der Waals surface area contributed by atoms with E-state index in [0.717, 1.165) is 5.56 Å². The number of rotatable bonds is 9. The molecule has 2 saturated heterocycles. The van der Waals surface area contributed by atoms with Gasteiger partial charge in [-0.2, -0.15) is 0 Å². The van der Waals surface area contributed by atoms with E-state index in [1.54, 1.807) is 59.6 Å². The molecule has 5 aromatic rings. The molecule has 4 aromatic carbocycles. The molecule has 0 bridgehead atoms. The minimum Gasteiger partial charge on any atom is -0.497 e. The van der Waals surface area contributed by atoms with Crippen molar-refractivity contribution in [3.63, 3.8) is 0 Å². The zero-order valence-corrected chi connectivity index (χ0v) is 26.2. The van der Waals surface area contributed by atoms with Crippen molar-refractivity contribution in [3.8, 4) is 5.75 Å². The van der Waals surface area contributed by atoms with Crippen molar-refractivity contribution in [2.75, 3.05) is 12.0 Å². The van der Waals surface area contributed by atoms with Gasteiger partial charge >= 0.3 is 6.09 Å². The Morgan fingerprint density at radius 1 is 0.771 bits per heavy atom. The van der Waals surface area contributed by atoms with Gasteiger partial charge in [0.25, 0.3) is 11.8 Å². The first-order chi connectivity index (χ1) is 23.5. The number of ether oxygens (including phenoxy) is 2. The Bertz CT molecular complexity index is 1900. The number of hydrogen-bond donors (Lipinski definition) is 0. The molecule has 240 valence electrons. The molecule has 3 amide bonds. The van der Waals surface area contributed by atoms with Crippen LogP contribution in [0.15, 0.2) is 144 Å². The summed E-state index contributed by atoms with van der Waals surface area (Å²) in [5.74, 6) is 0.592. The Morgan fingerprint density at radius 3 is 2.04 bits per heavy atom. The lowest BCUT2D eigenvalue weighted by molar-refractivity contribution is -0.144. The minimum atomic E-state index is -1.03. The molecule has 2 aliphatic rings. The summed E-state index contributed by atoms with van der Waals surface area (Å²) in [5, 5.41) is 0. The van der Waals surface area contributed by atoms with Crippen LogP contribution in [0.2, 0.25) is 0 Å². The summed E-state index contributed by atoms with van der Waals surface area (Å²) < 4.78 is 16.8. The first kappa shape index (κ1) is 30.6. The van der Waals surface area contributed by atoms with Crippen LogP contribution < -0.4 is 9.64 Å². The molecule has 0 radical (unpaired) electrons. The van der Waals surface area contributed by atoms with Crippen LogP contribution in [0.1, 0.15) is 34.7 Å². The van der Waals surface area contributed by atoms with Crippen LogP contribution in [0.25, 0.3) is 6.08 Å². The van der Waals surface area contributed by atoms with Crippen molar-refractivity contribution in [2.45, 2.75) is 30.9 Å². The molecule has 0 aliphatic carbocycles. The number of amides is 3. The van der Waals surface area contributed by atoms with Gasteiger partial charge in [0, 0.05) is 5.69 Å². The van der Waals surface area contributed by atoms with Gasteiger partial charge in [0.05, 0.1) is 19.4 Å². The average Bonchev–Trinajstić information content (AvgIpc) is 3.76. The van der Waals surface area contributed by atoms with E-state index in [4.69, 9.17) is 13.9 Å². The standard InChI is InChI=1S/C39H33N3O6/c1-46-31-21-19-30(20-22-31)40-33(24-23-32-18-11-25-47-32)35(38(40)44)41-36(29-16-9-4-10-17-29)42(34(37(41)43)28-14-7-3-8-15-28)39(45)48-26-27-12-5-2-6-13-27/h2-25,33-36H,26H2,1H3. The van der Waals surface area contributed by atoms with E-state index in [-0.39, 0.29) is 18.4 Å². The second-order valence-corrected chi connectivity index (χ2v) is 11.5. The van der Waals surface area contributed by atoms with Crippen molar-refractivity contribution < 1.29 is 28.3 Å². The van der Waals surface area contributed by atoms with Crippen molar-refractivity contribution >= 4 is 29.7 Å². The van der Waals surface area contributed by atoms with Crippen LogP contribution in [0.3, 0.4) is 0 Å². The summed E-state index contributed by atoms with van der Waals surface area (Å²) in [5.41, 5.74) is 2.75. The Labute approximate surface area is 278 Å². The predicted octanol–water partition coefficient (Wildman–Crippen LogP) is 7.01. The summed E-state index contributed by atoms with van der Waals surface area (Å²) in [6.45, 7) is 0.0233. The smallest absolute Gasteiger partial charge is 0.413 e. The second-order valence-electron chi connectivity index (χ2n) is 11.5. The lowest BCUT2D eigenvalue weighted by Gasteiger charge is -2.50. The fourth-order valence-electron chi connectivity index (χ4n) is 6.42. The summed E-state index contributed by atoms with van der Waals surface area (Å²) in [6, 6.07) is 36.0. The number of anilines is 1. The fraction of sp³-hybridized carbons (Fsp3) is 0.154. The lowest BCUT2D eigenvalue weighted by atomic mass is 9.90. The maximum atomic E-state index is 14.8. The van der Waals surface area contributed by atoms with Crippen LogP contribution in [-0.4, -0.2) is 46.9 Å². The maximum absolute atomic E-state index is 14.8. The van der Waals surface area contributed by atoms with E-state index in [0.29, 0.717) is 28.3 Å². The number of methoxy groups -OCH3 is 1. The van der Waals surface area contributed by atoms with E-state index in [1.807, 2.05) is 103 Å². The third kappa shape index (κ3) is 5.71. The Balaban J connectivity index is 1.32. The van der Waals surface area contributed by atoms with E-state index in [9.17, 15) is 14.4 Å². The number of nitrogens with zero attached hydrogens (tertiary/aromatic N) is 3. The third-order valence-corrected chi connectivity index (χ3v) is 8.69. The first-order valence-electron chi connectivity index (χ1n) is 15.6. The molecular weight excluding hydrogens is 606 g/mol. The molecule has 1 aromatic heterocycles. The number of β-lactam (4-membered cyclic amide) rings is 1. The highest BCUT2D eigenvalue weighted by Crippen LogP contribution is 2.47. The van der Waals surface area contributed by atoms with Gasteiger partial charge in [-0.05, 0) is 59.2 Å². The van der Waals surface area contributed by atoms with Crippen molar-refractivity contribution in [2.24, 2.45) is 0 Å². The molecule has 2 fully saturated rings. The Hall–Kier alpha value is -6.09. The van der Waals surface area contributed by atoms with Gasteiger partial charge in [0.1, 0.15) is 36.4 Å². The SMILES string of the molecule is COc1ccc(N2C(=O)C(N3C(=O)C(c4ccccc4)N(C(=O)OCc4ccccc4)C3c3ccccc3)C2C=Cc2ccco2)cc1. The minimum absolute atomic E-state index is 0.0233. The average molecular weight is 640 g/mol. The summed E-state index contributed by atoms with van der Waals surface area (Å²) >= 11 is 0. The molecule has 7 rings (SSSR count). The second kappa shape index (κ2) is 13.3. The molecule has 9 nitrogen and oxygen atoms in total. The predicted molar refractivity (Wildman–Crippen MR) is 179 cm³/mol.